The second kappa shape index (κ2) is 21.1. The van der Waals surface area contributed by atoms with E-state index in [0.717, 1.165) is 77.8 Å². The van der Waals surface area contributed by atoms with Crippen molar-refractivity contribution in [1.29, 1.82) is 0 Å². The highest BCUT2D eigenvalue weighted by Gasteiger charge is 2.54. The molecule has 3 nitrogen and oxygen atoms in total. The Morgan fingerprint density at radius 3 is 1.28 bits per heavy atom. The third kappa shape index (κ3) is 7.67. The second-order valence-corrected chi connectivity index (χ2v) is 29.2. The van der Waals surface area contributed by atoms with Crippen LogP contribution in [-0.2, 0) is 21.7 Å². The molecule has 4 aliphatic rings. The molecule has 2 aromatic heterocycles. The third-order valence-electron chi connectivity index (χ3n) is 23.5. The molecule has 15 aromatic carbocycles. The summed E-state index contributed by atoms with van der Waals surface area (Å²) in [5.74, 6) is 0. The van der Waals surface area contributed by atoms with Crippen molar-refractivity contribution in [3.8, 4) is 66.8 Å². The average Bonchev–Trinajstić information content (AvgIpc) is 1.51. The fraction of sp³-hybridized carbons (Fsp3) is 0.0816. The first kappa shape index (κ1) is 57.7. The van der Waals surface area contributed by atoms with Gasteiger partial charge in [-0.1, -0.05) is 307 Å². The first-order chi connectivity index (χ1) is 49.6. The van der Waals surface area contributed by atoms with Crippen LogP contribution in [0.1, 0.15) is 94.5 Å². The van der Waals surface area contributed by atoms with E-state index in [0.29, 0.717) is 0 Å². The molecule has 4 aliphatic carbocycles. The molecule has 21 rings (SSSR count). The van der Waals surface area contributed by atoms with Crippen molar-refractivity contribution in [2.24, 2.45) is 0 Å². The summed E-state index contributed by atoms with van der Waals surface area (Å²) in [5.41, 5.74) is 34.1. The average molecular weight is 1290 g/mol. The molecule has 0 saturated heterocycles. The Hall–Kier alpha value is -12.3. The summed E-state index contributed by atoms with van der Waals surface area (Å²) in [6.45, 7) is 9.81. The Kier molecular flexibility index (Phi) is 12.1. The molecule has 0 spiro atoms. The van der Waals surface area contributed by atoms with E-state index in [2.05, 4.69) is 366 Å². The standard InChI is InChI=1S/C98H67NO2/c1-95(2)77-47-26-23-42-71(77)90-92(95)91-88(89-74-44-25-28-49-84(74)101-94(89)90)72-53-51-66(56-79(72)96(91,3)4)99(93-68(60-30-11-5-12-31-60)45-29-46-69(93)61-32-13-6-14-33-61)67-50-52-70-75-58-82-76(59-81(75)98(80(70)57-67,64-38-19-9-20-39-64)65-40-21-10-22-41-65)86-78(54-55-85-87(86)73-43-24-27-48-83(73)100-85)97(82,62-34-15-7-16-35-62)63-36-17-8-18-37-63/h5-59H,1-4H3. The molecular formula is C98H67NO2. The largest absolute Gasteiger partial charge is 0.456 e. The monoisotopic (exact) mass is 1290 g/mol. The van der Waals surface area contributed by atoms with Gasteiger partial charge >= 0.3 is 0 Å². The SMILES string of the molecule is CC1(C)c2ccccc2-c2c1c1c(c3c2oc2ccccc23)-c2ccc(N(c3ccc4c(c3)C(c3ccccc3)(c3ccccc3)c3cc5c(cc3-4)C(c3ccccc3)(c3ccccc3)c3ccc4oc6ccccc6c4c3-5)c3c(-c4ccccc4)cccc3-c3ccccc3)cc2C1(C)C. The van der Waals surface area contributed by atoms with E-state index in [-0.39, 0.29) is 5.41 Å². The van der Waals surface area contributed by atoms with Gasteiger partial charge in [0.15, 0.2) is 0 Å². The van der Waals surface area contributed by atoms with Crippen LogP contribution in [0.3, 0.4) is 0 Å². The van der Waals surface area contributed by atoms with Crippen molar-refractivity contribution in [3.05, 3.63) is 400 Å². The van der Waals surface area contributed by atoms with Gasteiger partial charge in [0.05, 0.1) is 16.5 Å². The van der Waals surface area contributed by atoms with Crippen molar-refractivity contribution in [3.63, 3.8) is 0 Å². The maximum absolute atomic E-state index is 7.19. The number of furan rings is 2. The van der Waals surface area contributed by atoms with Crippen molar-refractivity contribution < 1.29 is 8.83 Å². The van der Waals surface area contributed by atoms with Gasteiger partial charge in [0.1, 0.15) is 22.3 Å². The summed E-state index contributed by atoms with van der Waals surface area (Å²) in [6, 6.07) is 125. The molecule has 3 heteroatoms. The highest BCUT2D eigenvalue weighted by atomic mass is 16.3. The minimum absolute atomic E-state index is 0.309. The molecule has 0 unspecified atom stereocenters. The maximum atomic E-state index is 7.19. The minimum atomic E-state index is -0.826. The Morgan fingerprint density at radius 1 is 0.257 bits per heavy atom. The van der Waals surface area contributed by atoms with E-state index in [1.54, 1.807) is 0 Å². The van der Waals surface area contributed by atoms with E-state index in [1.165, 1.54) is 117 Å². The smallest absolute Gasteiger partial charge is 0.144 e. The molecular weight excluding hydrogens is 1220 g/mol. The van der Waals surface area contributed by atoms with Crippen LogP contribution in [0.2, 0.25) is 0 Å². The Balaban J connectivity index is 0.875. The summed E-state index contributed by atoms with van der Waals surface area (Å²) in [7, 11) is 0. The molecule has 0 saturated carbocycles. The summed E-state index contributed by atoms with van der Waals surface area (Å²) in [5, 5.41) is 4.58. The van der Waals surface area contributed by atoms with E-state index >= 15 is 0 Å². The molecule has 0 aliphatic heterocycles. The van der Waals surface area contributed by atoms with Crippen molar-refractivity contribution in [2.75, 3.05) is 4.90 Å². The maximum Gasteiger partial charge on any atom is 0.144 e. The van der Waals surface area contributed by atoms with Gasteiger partial charge in [-0.25, -0.2) is 0 Å². The number of nitrogens with zero attached hydrogens (tertiary/aromatic N) is 1. The minimum Gasteiger partial charge on any atom is -0.456 e. The number of rotatable bonds is 9. The number of benzene rings is 15. The molecule has 0 amide bonds. The molecule has 17 aromatic rings. The number of hydrogen-bond acceptors (Lipinski definition) is 3. The van der Waals surface area contributed by atoms with Crippen molar-refractivity contribution in [1.82, 2.24) is 0 Å². The lowest BCUT2D eigenvalue weighted by Crippen LogP contribution is -2.30. The zero-order valence-corrected chi connectivity index (χ0v) is 56.5. The zero-order chi connectivity index (χ0) is 67.1. The number of fused-ring (bicyclic) bond motifs is 22. The predicted octanol–water partition coefficient (Wildman–Crippen LogP) is 25.6. The Labute approximate surface area is 587 Å². The van der Waals surface area contributed by atoms with Crippen molar-refractivity contribution >= 4 is 60.9 Å². The summed E-state index contributed by atoms with van der Waals surface area (Å²) in [6.07, 6.45) is 0. The van der Waals surface area contributed by atoms with Crippen LogP contribution in [0.4, 0.5) is 17.1 Å². The lowest BCUT2D eigenvalue weighted by atomic mass is 9.66. The van der Waals surface area contributed by atoms with E-state index < -0.39 is 16.2 Å². The van der Waals surface area contributed by atoms with Crippen LogP contribution in [0.5, 0.6) is 0 Å². The van der Waals surface area contributed by atoms with Gasteiger partial charge in [-0.2, -0.15) is 0 Å². The van der Waals surface area contributed by atoms with E-state index in [1.807, 2.05) is 0 Å². The summed E-state index contributed by atoms with van der Waals surface area (Å²) >= 11 is 0. The topological polar surface area (TPSA) is 29.5 Å². The first-order valence-corrected chi connectivity index (χ1v) is 35.5. The van der Waals surface area contributed by atoms with Gasteiger partial charge in [-0.15, -0.1) is 0 Å². The molecule has 0 fully saturated rings. The second-order valence-electron chi connectivity index (χ2n) is 29.2. The lowest BCUT2D eigenvalue weighted by molar-refractivity contribution is 0.600. The molecule has 0 radical (unpaired) electrons. The molecule has 101 heavy (non-hydrogen) atoms. The fourth-order valence-electron chi connectivity index (χ4n) is 19.4. The van der Waals surface area contributed by atoms with Gasteiger partial charge in [-0.3, -0.25) is 0 Å². The van der Waals surface area contributed by atoms with E-state index in [9.17, 15) is 0 Å². The van der Waals surface area contributed by atoms with Crippen LogP contribution >= 0.6 is 0 Å². The summed E-state index contributed by atoms with van der Waals surface area (Å²) in [4.78, 5) is 2.62. The molecule has 2 heterocycles. The molecule has 0 bridgehead atoms. The highest BCUT2D eigenvalue weighted by molar-refractivity contribution is 6.21. The predicted molar refractivity (Wildman–Crippen MR) is 416 cm³/mol. The van der Waals surface area contributed by atoms with Gasteiger partial charge in [0.25, 0.3) is 0 Å². The molecule has 476 valence electrons. The Morgan fingerprint density at radius 2 is 0.683 bits per heavy atom. The lowest BCUT2D eigenvalue weighted by Gasteiger charge is -2.36. The van der Waals surface area contributed by atoms with Crippen molar-refractivity contribution in [2.45, 2.75) is 49.4 Å². The van der Waals surface area contributed by atoms with Gasteiger partial charge < -0.3 is 13.7 Å². The van der Waals surface area contributed by atoms with Crippen LogP contribution in [0.25, 0.3) is 111 Å². The number of hydrogen-bond donors (Lipinski definition) is 0. The summed E-state index contributed by atoms with van der Waals surface area (Å²) < 4.78 is 14.1. The van der Waals surface area contributed by atoms with Crippen LogP contribution in [-0.4, -0.2) is 0 Å². The van der Waals surface area contributed by atoms with Crippen LogP contribution in [0.15, 0.2) is 342 Å². The van der Waals surface area contributed by atoms with Crippen LogP contribution in [0, 0.1) is 0 Å². The number of anilines is 3. The molecule has 0 atom stereocenters. The molecule has 0 N–H and O–H groups in total. The number of para-hydroxylation sites is 3. The third-order valence-corrected chi connectivity index (χ3v) is 23.5. The van der Waals surface area contributed by atoms with Gasteiger partial charge in [-0.05, 0) is 171 Å². The quantitative estimate of drug-likeness (QED) is 0.144. The van der Waals surface area contributed by atoms with E-state index in [4.69, 9.17) is 8.83 Å². The van der Waals surface area contributed by atoms with Gasteiger partial charge in [0, 0.05) is 60.4 Å². The Bertz CT molecular complexity index is 6160. The normalized spacial score (nSPS) is 14.9. The first-order valence-electron chi connectivity index (χ1n) is 35.5. The van der Waals surface area contributed by atoms with Crippen LogP contribution < -0.4 is 4.90 Å². The highest BCUT2D eigenvalue weighted by Crippen LogP contribution is 2.67. The van der Waals surface area contributed by atoms with Gasteiger partial charge in [0.2, 0.25) is 0 Å². The fourth-order valence-corrected chi connectivity index (χ4v) is 19.4. The zero-order valence-electron chi connectivity index (χ0n) is 56.5.